The predicted octanol–water partition coefficient (Wildman–Crippen LogP) is 4.72. The molecule has 2 aliphatic carbocycles. The maximum absolute atomic E-state index is 12.9. The second-order valence-electron chi connectivity index (χ2n) is 9.35. The fourth-order valence-corrected chi connectivity index (χ4v) is 5.72. The first-order valence-electron chi connectivity index (χ1n) is 11.2. The Balaban J connectivity index is 1.40. The zero-order valence-electron chi connectivity index (χ0n) is 17.1. The molecule has 1 aliphatic heterocycles. The molecule has 1 saturated heterocycles. The van der Waals surface area contributed by atoms with Crippen LogP contribution in [0.5, 0.6) is 0 Å². The van der Waals surface area contributed by atoms with Gasteiger partial charge in [-0.1, -0.05) is 18.6 Å². The SMILES string of the molecule is CC(C)n1cc2c3c(cccc31)C1C[C@@H](C(=O)OC3CCCCC3)CNC1C2. The van der Waals surface area contributed by atoms with E-state index < -0.39 is 0 Å². The molecule has 3 atom stereocenters. The molecule has 0 bridgehead atoms. The van der Waals surface area contributed by atoms with Crippen molar-refractivity contribution >= 4 is 16.9 Å². The van der Waals surface area contributed by atoms with E-state index in [1.165, 1.54) is 41.3 Å². The number of aromatic nitrogens is 1. The standard InChI is InChI=1S/C24H32N2O2/c1-15(2)26-14-17-12-21-20(19-9-6-10-22(26)23(17)19)11-16(13-25-21)24(27)28-18-7-4-3-5-8-18/h6,9-10,14-16,18,20-21,25H,3-5,7-8,11-13H2,1-2H3/t16-,20?,21?/m1/s1. The van der Waals surface area contributed by atoms with Gasteiger partial charge >= 0.3 is 5.97 Å². The summed E-state index contributed by atoms with van der Waals surface area (Å²) in [6.45, 7) is 5.25. The number of carbonyl (C=O) groups is 1. The van der Waals surface area contributed by atoms with Crippen molar-refractivity contribution in [3.8, 4) is 0 Å². The number of hydrogen-bond donors (Lipinski definition) is 1. The van der Waals surface area contributed by atoms with Gasteiger partial charge in [0.25, 0.3) is 0 Å². The Morgan fingerprint density at radius 1 is 1.21 bits per heavy atom. The van der Waals surface area contributed by atoms with Gasteiger partial charge in [-0.15, -0.1) is 0 Å². The average Bonchev–Trinajstić information content (AvgIpc) is 3.09. The molecule has 2 unspecified atom stereocenters. The van der Waals surface area contributed by atoms with E-state index in [4.69, 9.17) is 4.74 Å². The number of fused-ring (bicyclic) bond motifs is 2. The summed E-state index contributed by atoms with van der Waals surface area (Å²) in [4.78, 5) is 12.9. The fraction of sp³-hybridized carbons (Fsp3) is 0.625. The maximum atomic E-state index is 12.9. The van der Waals surface area contributed by atoms with Crippen LogP contribution >= 0.6 is 0 Å². The topological polar surface area (TPSA) is 43.3 Å². The Morgan fingerprint density at radius 2 is 2.04 bits per heavy atom. The van der Waals surface area contributed by atoms with E-state index in [0.29, 0.717) is 18.0 Å². The molecule has 1 aromatic carbocycles. The van der Waals surface area contributed by atoms with Crippen molar-refractivity contribution in [3.05, 3.63) is 35.5 Å². The molecule has 2 aromatic rings. The summed E-state index contributed by atoms with van der Waals surface area (Å²) in [5.74, 6) is 0.402. The second kappa shape index (κ2) is 7.22. The first kappa shape index (κ1) is 18.2. The van der Waals surface area contributed by atoms with Gasteiger partial charge in [-0.3, -0.25) is 4.79 Å². The number of benzene rings is 1. The highest BCUT2D eigenvalue weighted by molar-refractivity contribution is 5.89. The summed E-state index contributed by atoms with van der Waals surface area (Å²) in [5, 5.41) is 5.13. The third-order valence-electron chi connectivity index (χ3n) is 7.18. The molecule has 4 nitrogen and oxygen atoms in total. The number of hydrogen-bond acceptors (Lipinski definition) is 3. The third-order valence-corrected chi connectivity index (χ3v) is 7.18. The third kappa shape index (κ3) is 3.06. The van der Waals surface area contributed by atoms with Gasteiger partial charge in [0.15, 0.2) is 0 Å². The number of esters is 1. The lowest BCUT2D eigenvalue weighted by atomic mass is 9.73. The van der Waals surface area contributed by atoms with Crippen LogP contribution in [0.3, 0.4) is 0 Å². The van der Waals surface area contributed by atoms with Gasteiger partial charge in [-0.2, -0.15) is 0 Å². The van der Waals surface area contributed by atoms with E-state index in [1.807, 2.05) is 0 Å². The molecule has 3 aliphatic rings. The van der Waals surface area contributed by atoms with Crippen molar-refractivity contribution in [2.75, 3.05) is 6.54 Å². The Kier molecular flexibility index (Phi) is 4.70. The zero-order valence-corrected chi connectivity index (χ0v) is 17.1. The molecule has 1 saturated carbocycles. The van der Waals surface area contributed by atoms with Gasteiger partial charge in [-0.25, -0.2) is 0 Å². The fourth-order valence-electron chi connectivity index (χ4n) is 5.72. The van der Waals surface area contributed by atoms with E-state index in [0.717, 1.165) is 32.2 Å². The molecule has 0 spiro atoms. The van der Waals surface area contributed by atoms with E-state index in [-0.39, 0.29) is 18.0 Å². The highest BCUT2D eigenvalue weighted by Gasteiger charge is 2.40. The molecule has 4 heteroatoms. The molecule has 1 N–H and O–H groups in total. The largest absolute Gasteiger partial charge is 0.462 e. The molecule has 0 amide bonds. The lowest BCUT2D eigenvalue weighted by Gasteiger charge is -2.40. The minimum atomic E-state index is -0.0211. The summed E-state index contributed by atoms with van der Waals surface area (Å²) < 4.78 is 8.31. The average molecular weight is 381 g/mol. The zero-order chi connectivity index (χ0) is 19.3. The van der Waals surface area contributed by atoms with Crippen molar-refractivity contribution in [2.45, 2.75) is 82.9 Å². The summed E-state index contributed by atoms with van der Waals surface area (Å²) in [5.41, 5.74) is 4.22. The molecule has 28 heavy (non-hydrogen) atoms. The van der Waals surface area contributed by atoms with Crippen LogP contribution < -0.4 is 5.32 Å². The van der Waals surface area contributed by atoms with Crippen LogP contribution in [0.4, 0.5) is 0 Å². The van der Waals surface area contributed by atoms with Gasteiger partial charge in [0.2, 0.25) is 0 Å². The highest BCUT2D eigenvalue weighted by Crippen LogP contribution is 2.43. The molecule has 2 heterocycles. The number of nitrogens with one attached hydrogen (secondary N) is 1. The minimum Gasteiger partial charge on any atom is -0.462 e. The monoisotopic (exact) mass is 380 g/mol. The quantitative estimate of drug-likeness (QED) is 0.784. The minimum absolute atomic E-state index is 0.0211. The van der Waals surface area contributed by atoms with Crippen molar-refractivity contribution in [1.82, 2.24) is 9.88 Å². The number of carbonyl (C=O) groups excluding carboxylic acids is 1. The summed E-state index contributed by atoms with van der Waals surface area (Å²) in [6, 6.07) is 7.60. The number of piperidine rings is 1. The van der Waals surface area contributed by atoms with E-state index >= 15 is 0 Å². The number of nitrogens with zero attached hydrogens (tertiary/aromatic N) is 1. The molecule has 150 valence electrons. The molecule has 2 fully saturated rings. The van der Waals surface area contributed by atoms with E-state index in [9.17, 15) is 4.79 Å². The highest BCUT2D eigenvalue weighted by atomic mass is 16.5. The van der Waals surface area contributed by atoms with Gasteiger partial charge in [0, 0.05) is 41.6 Å². The Hall–Kier alpha value is -1.81. The molecule has 1 aromatic heterocycles. The van der Waals surface area contributed by atoms with Crippen molar-refractivity contribution in [1.29, 1.82) is 0 Å². The number of rotatable bonds is 3. The van der Waals surface area contributed by atoms with Crippen LogP contribution in [0.1, 0.15) is 75.5 Å². The lowest BCUT2D eigenvalue weighted by Crippen LogP contribution is -2.49. The first-order valence-corrected chi connectivity index (χ1v) is 11.2. The summed E-state index contributed by atoms with van der Waals surface area (Å²) >= 11 is 0. The van der Waals surface area contributed by atoms with Crippen LogP contribution in [0.25, 0.3) is 10.9 Å². The van der Waals surface area contributed by atoms with Crippen LogP contribution in [0.15, 0.2) is 24.4 Å². The Labute approximate surface area is 167 Å². The van der Waals surface area contributed by atoms with Crippen molar-refractivity contribution in [3.63, 3.8) is 0 Å². The Bertz CT molecular complexity index is 878. The van der Waals surface area contributed by atoms with Crippen molar-refractivity contribution < 1.29 is 9.53 Å². The van der Waals surface area contributed by atoms with E-state index in [2.05, 4.69) is 48.1 Å². The smallest absolute Gasteiger partial charge is 0.310 e. The summed E-state index contributed by atoms with van der Waals surface area (Å²) in [6.07, 6.45) is 10.2. The molecule has 0 radical (unpaired) electrons. The molecule has 5 rings (SSSR count). The van der Waals surface area contributed by atoms with Crippen LogP contribution in [-0.2, 0) is 16.0 Å². The first-order chi connectivity index (χ1) is 13.6. The normalized spacial score (nSPS) is 27.8. The van der Waals surface area contributed by atoms with Gasteiger partial charge in [0.1, 0.15) is 6.10 Å². The van der Waals surface area contributed by atoms with Gasteiger partial charge < -0.3 is 14.6 Å². The van der Waals surface area contributed by atoms with Gasteiger partial charge in [0.05, 0.1) is 5.92 Å². The lowest BCUT2D eigenvalue weighted by molar-refractivity contribution is -0.156. The Morgan fingerprint density at radius 3 is 2.82 bits per heavy atom. The maximum Gasteiger partial charge on any atom is 0.310 e. The van der Waals surface area contributed by atoms with Gasteiger partial charge in [-0.05, 0) is 69.6 Å². The predicted molar refractivity (Wildman–Crippen MR) is 112 cm³/mol. The van der Waals surface area contributed by atoms with Crippen LogP contribution in [-0.4, -0.2) is 29.2 Å². The summed E-state index contributed by atoms with van der Waals surface area (Å²) in [7, 11) is 0. The van der Waals surface area contributed by atoms with Crippen molar-refractivity contribution in [2.24, 2.45) is 5.92 Å². The second-order valence-corrected chi connectivity index (χ2v) is 9.35. The van der Waals surface area contributed by atoms with Crippen LogP contribution in [0.2, 0.25) is 0 Å². The molecular formula is C24H32N2O2. The molecular weight excluding hydrogens is 348 g/mol. The number of ether oxygens (including phenoxy) is 1. The van der Waals surface area contributed by atoms with E-state index in [1.54, 1.807) is 0 Å². The van der Waals surface area contributed by atoms with Crippen LogP contribution in [0, 0.1) is 5.92 Å².